The summed E-state index contributed by atoms with van der Waals surface area (Å²) in [7, 11) is 0. The molecule has 15 aromatic rings. The van der Waals surface area contributed by atoms with Crippen LogP contribution in [-0.2, 0) is 0 Å². The fourth-order valence-corrected chi connectivity index (χ4v) is 12.9. The van der Waals surface area contributed by atoms with Crippen molar-refractivity contribution >= 4 is 87.2 Å². The quantitative estimate of drug-likeness (QED) is 0.167. The smallest absolute Gasteiger partial charge is 0.165 e. The summed E-state index contributed by atoms with van der Waals surface area (Å²) in [5.74, 6) is 1.65. The fourth-order valence-electron chi connectivity index (χ4n) is 12.9. The number of nitrogens with zero attached hydrogens (tertiary/aromatic N) is 6. The van der Waals surface area contributed by atoms with Gasteiger partial charge in [0, 0.05) is 66.6 Å². The Bertz CT molecular complexity index is 4540. The van der Waals surface area contributed by atoms with Gasteiger partial charge in [0.05, 0.1) is 44.1 Å². The van der Waals surface area contributed by atoms with Crippen LogP contribution < -0.4 is 0 Å². The Kier molecular flexibility index (Phi) is 9.99. The molecular formula is C72H56N6. The van der Waals surface area contributed by atoms with Crippen LogP contribution in [0.25, 0.3) is 132 Å². The molecule has 0 atom stereocenters. The maximum absolute atomic E-state index is 6.50. The molecule has 6 aromatic heterocycles. The second kappa shape index (κ2) is 17.0. The van der Waals surface area contributed by atoms with Gasteiger partial charge in [-0.25, -0.2) is 4.98 Å². The van der Waals surface area contributed by atoms with Crippen molar-refractivity contribution in [2.24, 2.45) is 0 Å². The molecule has 0 aliphatic rings. The lowest BCUT2D eigenvalue weighted by atomic mass is 9.96. The molecule has 0 aliphatic heterocycles. The number of hydrogen-bond donors (Lipinski definition) is 0. The van der Waals surface area contributed by atoms with E-state index in [1.54, 1.807) is 0 Å². The van der Waals surface area contributed by atoms with E-state index in [0.29, 0.717) is 0 Å². The molecule has 78 heavy (non-hydrogen) atoms. The monoisotopic (exact) mass is 1000 g/mol. The lowest BCUT2D eigenvalue weighted by molar-refractivity contribution is 0.960. The van der Waals surface area contributed by atoms with E-state index in [-0.39, 0.29) is 0 Å². The minimum Gasteiger partial charge on any atom is -0.305 e. The Hall–Kier alpha value is -9.52. The molecule has 0 bridgehead atoms. The highest BCUT2D eigenvalue weighted by Crippen LogP contribution is 2.50. The number of fused-ring (bicyclic) bond motifs is 12. The SMILES string of the molecule is Cc1ccc2c(c1)c1cc(C)ccc1n2-c1nc(-n2c3ccc(C)cc3c3cc(C)ccc32)c(-n2c3ccc(C)cc3c3cc(C)ccc32)c(-c2cccc(-c3cccnc3)c2)c1-n1c2ccc(C)cc2c2cc(C)ccc21. The second-order valence-electron chi connectivity index (χ2n) is 22.2. The van der Waals surface area contributed by atoms with E-state index in [4.69, 9.17) is 4.98 Å². The van der Waals surface area contributed by atoms with Crippen LogP contribution >= 0.6 is 0 Å². The first-order chi connectivity index (χ1) is 37.9. The van der Waals surface area contributed by atoms with Crippen molar-refractivity contribution in [2.75, 3.05) is 0 Å². The van der Waals surface area contributed by atoms with Gasteiger partial charge in [-0.1, -0.05) is 117 Å². The van der Waals surface area contributed by atoms with Crippen LogP contribution in [0.2, 0.25) is 0 Å². The third-order valence-corrected chi connectivity index (χ3v) is 16.4. The Balaban J connectivity index is 1.28. The fraction of sp³-hybridized carbons (Fsp3) is 0.111. The van der Waals surface area contributed by atoms with E-state index in [0.717, 1.165) is 89.4 Å². The van der Waals surface area contributed by atoms with Crippen LogP contribution in [0.5, 0.6) is 0 Å². The molecule has 0 saturated carbocycles. The van der Waals surface area contributed by atoms with Gasteiger partial charge in [-0.05, 0) is 176 Å². The second-order valence-corrected chi connectivity index (χ2v) is 22.2. The topological polar surface area (TPSA) is 45.5 Å². The summed E-state index contributed by atoms with van der Waals surface area (Å²) in [6.45, 7) is 17.6. The highest BCUT2D eigenvalue weighted by atomic mass is 15.2. The van der Waals surface area contributed by atoms with Crippen molar-refractivity contribution in [3.8, 4) is 45.3 Å². The Morgan fingerprint density at radius 1 is 0.269 bits per heavy atom. The highest BCUT2D eigenvalue weighted by molar-refractivity contribution is 6.16. The van der Waals surface area contributed by atoms with Gasteiger partial charge in [-0.2, -0.15) is 0 Å². The van der Waals surface area contributed by atoms with E-state index >= 15 is 0 Å². The molecule has 0 spiro atoms. The summed E-state index contributed by atoms with van der Waals surface area (Å²) in [6.07, 6.45) is 3.83. The minimum atomic E-state index is 0.824. The number of benzene rings is 9. The van der Waals surface area contributed by atoms with E-state index in [2.05, 4.69) is 255 Å². The Morgan fingerprint density at radius 3 is 0.846 bits per heavy atom. The van der Waals surface area contributed by atoms with Gasteiger partial charge < -0.3 is 9.13 Å². The van der Waals surface area contributed by atoms with Gasteiger partial charge >= 0.3 is 0 Å². The maximum Gasteiger partial charge on any atom is 0.165 e. The lowest BCUT2D eigenvalue weighted by Crippen LogP contribution is -2.16. The summed E-state index contributed by atoms with van der Waals surface area (Å²) in [6, 6.07) is 68.8. The standard InChI is InChI=1S/C72H56N6/c1-41-14-22-60-52(31-41)53-32-42(2)15-23-61(53)75(60)69-68(50-12-9-11-49(39-50)51-13-10-30-73-40-51)70(76-62-24-16-43(3)33-54(62)55-34-44(4)17-25-63(55)76)72(78-66-28-20-47(7)37-58(66)59-38-48(8)21-29-67(59)78)74-71(69)77-64-26-18-45(5)35-56(64)57-36-46(6)19-27-65(57)77/h9-40H,1-8H3. The highest BCUT2D eigenvalue weighted by Gasteiger charge is 2.33. The number of hydrogen-bond acceptors (Lipinski definition) is 2. The predicted molar refractivity (Wildman–Crippen MR) is 328 cm³/mol. The van der Waals surface area contributed by atoms with Crippen LogP contribution in [0.3, 0.4) is 0 Å². The van der Waals surface area contributed by atoms with Crippen molar-refractivity contribution in [2.45, 2.75) is 55.4 Å². The summed E-state index contributed by atoms with van der Waals surface area (Å²) in [5.41, 5.74) is 24.6. The number of pyridine rings is 2. The van der Waals surface area contributed by atoms with Gasteiger partial charge in [0.2, 0.25) is 0 Å². The van der Waals surface area contributed by atoms with Crippen molar-refractivity contribution in [1.29, 1.82) is 0 Å². The number of aryl methyl sites for hydroxylation is 8. The summed E-state index contributed by atoms with van der Waals surface area (Å²) < 4.78 is 10.0. The first-order valence-electron chi connectivity index (χ1n) is 27.1. The van der Waals surface area contributed by atoms with E-state index in [9.17, 15) is 0 Å². The molecule has 0 saturated heterocycles. The van der Waals surface area contributed by atoms with Crippen LogP contribution in [-0.4, -0.2) is 28.2 Å². The molecule has 0 amide bonds. The molecule has 0 N–H and O–H groups in total. The molecule has 15 rings (SSSR count). The number of aromatic nitrogens is 6. The first kappa shape index (κ1) is 45.8. The van der Waals surface area contributed by atoms with E-state index in [1.807, 2.05) is 18.5 Å². The van der Waals surface area contributed by atoms with Crippen LogP contribution in [0.15, 0.2) is 194 Å². The van der Waals surface area contributed by atoms with Crippen LogP contribution in [0.4, 0.5) is 0 Å². The normalized spacial score (nSPS) is 12.1. The molecule has 6 nitrogen and oxygen atoms in total. The molecule has 374 valence electrons. The third-order valence-electron chi connectivity index (χ3n) is 16.4. The van der Waals surface area contributed by atoms with E-state index in [1.165, 1.54) is 87.6 Å². The third kappa shape index (κ3) is 6.82. The van der Waals surface area contributed by atoms with Crippen LogP contribution in [0.1, 0.15) is 44.5 Å². The van der Waals surface area contributed by atoms with Gasteiger partial charge in [0.1, 0.15) is 11.4 Å². The zero-order valence-electron chi connectivity index (χ0n) is 45.2. The largest absolute Gasteiger partial charge is 0.305 e. The van der Waals surface area contributed by atoms with Crippen molar-refractivity contribution < 1.29 is 0 Å². The molecular weight excluding hydrogens is 949 g/mol. The first-order valence-corrected chi connectivity index (χ1v) is 27.1. The average molecular weight is 1010 g/mol. The van der Waals surface area contributed by atoms with Gasteiger partial charge in [-0.3, -0.25) is 14.1 Å². The van der Waals surface area contributed by atoms with Gasteiger partial charge in [0.25, 0.3) is 0 Å². The van der Waals surface area contributed by atoms with Gasteiger partial charge in [-0.15, -0.1) is 0 Å². The Morgan fingerprint density at radius 2 is 0.551 bits per heavy atom. The summed E-state index contributed by atoms with van der Waals surface area (Å²) >= 11 is 0. The van der Waals surface area contributed by atoms with E-state index < -0.39 is 0 Å². The molecule has 6 heteroatoms. The average Bonchev–Trinajstić information content (AvgIpc) is 4.28. The van der Waals surface area contributed by atoms with Crippen LogP contribution in [0, 0.1) is 55.4 Å². The van der Waals surface area contributed by atoms with Crippen molar-refractivity contribution in [3.05, 3.63) is 239 Å². The summed E-state index contributed by atoms with van der Waals surface area (Å²) in [5, 5.41) is 9.56. The zero-order valence-corrected chi connectivity index (χ0v) is 45.2. The zero-order chi connectivity index (χ0) is 52.8. The molecule has 0 fully saturated rings. The molecule has 0 radical (unpaired) electrons. The van der Waals surface area contributed by atoms with Gasteiger partial charge in [0.15, 0.2) is 11.6 Å². The lowest BCUT2D eigenvalue weighted by Gasteiger charge is -2.27. The number of rotatable bonds is 6. The Labute approximate surface area is 452 Å². The minimum absolute atomic E-state index is 0.824. The molecule has 9 aromatic carbocycles. The molecule has 0 unspecified atom stereocenters. The molecule has 0 aliphatic carbocycles. The summed E-state index contributed by atoms with van der Waals surface area (Å²) in [4.78, 5) is 11.2. The maximum atomic E-state index is 6.50. The molecule has 6 heterocycles. The van der Waals surface area contributed by atoms with Crippen molar-refractivity contribution in [3.63, 3.8) is 0 Å². The predicted octanol–water partition coefficient (Wildman–Crippen LogP) is 18.7. The van der Waals surface area contributed by atoms with Crippen molar-refractivity contribution in [1.82, 2.24) is 28.2 Å².